The number of rotatable bonds is 6. The summed E-state index contributed by atoms with van der Waals surface area (Å²) in [5.74, 6) is 1.16. The molecule has 0 saturated heterocycles. The number of hydrogen-bond donors (Lipinski definition) is 0. The van der Waals surface area contributed by atoms with Crippen LogP contribution >= 0.6 is 0 Å². The molecule has 1 aromatic heterocycles. The Morgan fingerprint density at radius 2 is 1.60 bits per heavy atom. The second kappa shape index (κ2) is 8.16. The summed E-state index contributed by atoms with van der Waals surface area (Å²) in [6.45, 7) is 0.0986. The molecule has 0 atom stereocenters. The Morgan fingerprint density at radius 3 is 2.33 bits per heavy atom. The van der Waals surface area contributed by atoms with Crippen molar-refractivity contribution in [2.45, 2.75) is 6.61 Å². The van der Waals surface area contributed by atoms with Crippen molar-refractivity contribution >= 4 is 11.0 Å². The van der Waals surface area contributed by atoms with E-state index in [2.05, 4.69) is 0 Å². The van der Waals surface area contributed by atoms with E-state index in [4.69, 9.17) is 14.3 Å². The van der Waals surface area contributed by atoms with Gasteiger partial charge in [-0.15, -0.1) is 4.73 Å². The fourth-order valence-corrected chi connectivity index (χ4v) is 3.29. The Morgan fingerprint density at radius 1 is 0.900 bits per heavy atom. The molecule has 0 amide bonds. The summed E-state index contributed by atoms with van der Waals surface area (Å²) < 4.78 is 12.4. The molecule has 3 aromatic carbocycles. The number of hydrogen-bond acceptors (Lipinski definition) is 5. The second-order valence-electron chi connectivity index (χ2n) is 6.56. The van der Waals surface area contributed by atoms with E-state index in [1.807, 2.05) is 12.1 Å². The van der Waals surface area contributed by atoms with Gasteiger partial charge in [0.25, 0.3) is 5.69 Å². The molecular weight excluding hydrogens is 384 g/mol. The van der Waals surface area contributed by atoms with Crippen molar-refractivity contribution < 1.29 is 19.0 Å². The lowest BCUT2D eigenvalue weighted by Crippen LogP contribution is -2.42. The van der Waals surface area contributed by atoms with Gasteiger partial charge >= 0.3 is 5.56 Å². The quantitative estimate of drug-likeness (QED) is 0.365. The van der Waals surface area contributed by atoms with Crippen LogP contribution in [0.25, 0.3) is 22.3 Å². The van der Waals surface area contributed by atoms with Crippen LogP contribution in [-0.4, -0.2) is 19.0 Å². The standard InChI is InChI=1S/C23H20N2O5/c1-28-20-13-12-16(14-21(20)29-2)15-30-25-19-11-7-6-10-18(19)24(27)22(23(25)26)17-8-4-3-5-9-17/h3-14H,15H2,1-2H3. The number of benzene rings is 3. The van der Waals surface area contributed by atoms with E-state index in [1.165, 1.54) is 4.73 Å². The number of methoxy groups -OCH3 is 2. The Labute approximate surface area is 172 Å². The van der Waals surface area contributed by atoms with Crippen molar-refractivity contribution in [1.29, 1.82) is 0 Å². The smallest absolute Gasteiger partial charge is 0.357 e. The summed E-state index contributed by atoms with van der Waals surface area (Å²) in [4.78, 5) is 19.1. The Bertz CT molecular complexity index is 1250. The molecule has 30 heavy (non-hydrogen) atoms. The third-order valence-electron chi connectivity index (χ3n) is 4.76. The average Bonchev–Trinajstić information content (AvgIpc) is 2.79. The van der Waals surface area contributed by atoms with Gasteiger partial charge < -0.3 is 19.5 Å². The van der Waals surface area contributed by atoms with E-state index in [0.717, 1.165) is 5.56 Å². The van der Waals surface area contributed by atoms with Gasteiger partial charge in [0.15, 0.2) is 17.0 Å². The first-order valence-corrected chi connectivity index (χ1v) is 9.31. The molecule has 0 aliphatic rings. The molecule has 0 bridgehead atoms. The Kier molecular flexibility index (Phi) is 5.26. The summed E-state index contributed by atoms with van der Waals surface area (Å²) in [6.07, 6.45) is 0. The first kappa shape index (κ1) is 19.3. The average molecular weight is 404 g/mol. The molecule has 0 saturated carbocycles. The highest BCUT2D eigenvalue weighted by Gasteiger charge is 2.23. The highest BCUT2D eigenvalue weighted by molar-refractivity contribution is 5.73. The molecule has 0 fully saturated rings. The van der Waals surface area contributed by atoms with Crippen molar-refractivity contribution in [3.63, 3.8) is 0 Å². The lowest BCUT2D eigenvalue weighted by Gasteiger charge is -2.15. The second-order valence-corrected chi connectivity index (χ2v) is 6.56. The van der Waals surface area contributed by atoms with E-state index >= 15 is 0 Å². The van der Waals surface area contributed by atoms with Gasteiger partial charge in [0.2, 0.25) is 5.52 Å². The van der Waals surface area contributed by atoms with Crippen molar-refractivity contribution in [3.05, 3.63) is 93.9 Å². The van der Waals surface area contributed by atoms with E-state index in [1.54, 1.807) is 74.9 Å². The van der Waals surface area contributed by atoms with Gasteiger partial charge in [-0.25, -0.2) is 0 Å². The maximum Gasteiger partial charge on any atom is 0.357 e. The van der Waals surface area contributed by atoms with Gasteiger partial charge in [-0.2, -0.15) is 4.73 Å². The van der Waals surface area contributed by atoms with Gasteiger partial charge in [-0.3, -0.25) is 4.79 Å². The molecule has 7 nitrogen and oxygen atoms in total. The zero-order chi connectivity index (χ0) is 21.1. The van der Waals surface area contributed by atoms with Crippen LogP contribution in [0.2, 0.25) is 0 Å². The number of fused-ring (bicyclic) bond motifs is 1. The monoisotopic (exact) mass is 404 g/mol. The number of aromatic nitrogens is 2. The SMILES string of the molecule is COc1ccc(COn2c(=O)c(-c3ccccc3)[n+]([O-])c3ccccc32)cc1OC. The minimum absolute atomic E-state index is 0.00149. The molecule has 0 N–H and O–H groups in total. The van der Waals surface area contributed by atoms with Crippen molar-refractivity contribution in [1.82, 2.24) is 4.73 Å². The fraction of sp³-hybridized carbons (Fsp3) is 0.130. The lowest BCUT2D eigenvalue weighted by atomic mass is 10.1. The molecule has 0 aliphatic carbocycles. The summed E-state index contributed by atoms with van der Waals surface area (Å²) in [5, 5.41) is 12.9. The molecule has 152 valence electrons. The molecule has 4 rings (SSSR count). The first-order valence-electron chi connectivity index (χ1n) is 9.31. The normalized spacial score (nSPS) is 10.7. The predicted molar refractivity (Wildman–Crippen MR) is 112 cm³/mol. The highest BCUT2D eigenvalue weighted by Crippen LogP contribution is 2.27. The number of nitrogens with zero attached hydrogens (tertiary/aromatic N) is 2. The third kappa shape index (κ3) is 3.41. The van der Waals surface area contributed by atoms with Crippen LogP contribution in [0.1, 0.15) is 5.56 Å². The number of para-hydroxylation sites is 2. The van der Waals surface area contributed by atoms with Crippen molar-refractivity contribution in [2.24, 2.45) is 0 Å². The van der Waals surface area contributed by atoms with Crippen LogP contribution < -0.4 is 24.6 Å². The van der Waals surface area contributed by atoms with Gasteiger partial charge in [-0.1, -0.05) is 36.4 Å². The summed E-state index contributed by atoms with van der Waals surface area (Å²) >= 11 is 0. The van der Waals surface area contributed by atoms with E-state index in [-0.39, 0.29) is 12.3 Å². The molecule has 4 aromatic rings. The zero-order valence-electron chi connectivity index (χ0n) is 16.6. The predicted octanol–water partition coefficient (Wildman–Crippen LogP) is 2.95. The van der Waals surface area contributed by atoms with E-state index in [9.17, 15) is 10.0 Å². The molecule has 0 radical (unpaired) electrons. The molecule has 0 spiro atoms. The van der Waals surface area contributed by atoms with Gasteiger partial charge in [0.05, 0.1) is 19.8 Å². The largest absolute Gasteiger partial charge is 0.618 e. The highest BCUT2D eigenvalue weighted by atomic mass is 16.7. The minimum atomic E-state index is -0.532. The maximum absolute atomic E-state index is 13.2. The van der Waals surface area contributed by atoms with Gasteiger partial charge in [0.1, 0.15) is 6.61 Å². The first-order chi connectivity index (χ1) is 14.6. The zero-order valence-corrected chi connectivity index (χ0v) is 16.6. The van der Waals surface area contributed by atoms with E-state index in [0.29, 0.717) is 32.8 Å². The van der Waals surface area contributed by atoms with E-state index < -0.39 is 5.56 Å². The topological polar surface area (TPSA) is 76.6 Å². The molecular formula is C23H20N2O5. The van der Waals surface area contributed by atoms with Crippen LogP contribution in [0.5, 0.6) is 11.5 Å². The molecule has 0 aliphatic heterocycles. The van der Waals surface area contributed by atoms with Crippen LogP contribution in [0, 0.1) is 5.21 Å². The summed E-state index contributed by atoms with van der Waals surface area (Å²) in [7, 11) is 3.11. The van der Waals surface area contributed by atoms with Gasteiger partial charge in [0, 0.05) is 6.07 Å². The third-order valence-corrected chi connectivity index (χ3v) is 4.76. The fourth-order valence-electron chi connectivity index (χ4n) is 3.29. The molecule has 0 unspecified atom stereocenters. The van der Waals surface area contributed by atoms with Gasteiger partial charge in [-0.05, 0) is 35.9 Å². The Hall–Kier alpha value is -4.00. The van der Waals surface area contributed by atoms with Crippen LogP contribution in [0.15, 0.2) is 77.6 Å². The van der Waals surface area contributed by atoms with Crippen LogP contribution in [0.4, 0.5) is 0 Å². The molecule has 7 heteroatoms. The Balaban J connectivity index is 1.80. The summed E-state index contributed by atoms with van der Waals surface area (Å²) in [6, 6.07) is 21.0. The lowest BCUT2D eigenvalue weighted by molar-refractivity contribution is -0.566. The molecule has 1 heterocycles. The van der Waals surface area contributed by atoms with Crippen molar-refractivity contribution in [2.75, 3.05) is 14.2 Å². The number of ether oxygens (including phenoxy) is 2. The minimum Gasteiger partial charge on any atom is -0.618 e. The van der Waals surface area contributed by atoms with Crippen LogP contribution in [-0.2, 0) is 6.61 Å². The van der Waals surface area contributed by atoms with Crippen LogP contribution in [0.3, 0.4) is 0 Å². The van der Waals surface area contributed by atoms with Crippen molar-refractivity contribution in [3.8, 4) is 22.8 Å². The maximum atomic E-state index is 13.2. The summed E-state index contributed by atoms with van der Waals surface area (Å²) in [5.41, 5.74) is 1.49.